The monoisotopic (exact) mass is 294 g/mol. The third kappa shape index (κ3) is 2.55. The van der Waals surface area contributed by atoms with Gasteiger partial charge < -0.3 is 5.11 Å². The maximum atomic E-state index is 10.9. The minimum absolute atomic E-state index is 0.250. The second-order valence-corrected chi connectivity index (χ2v) is 4.65. The molecule has 0 aliphatic heterocycles. The van der Waals surface area contributed by atoms with Crippen LogP contribution in [0, 0.1) is 6.92 Å². The molecule has 0 amide bonds. The van der Waals surface area contributed by atoms with E-state index in [9.17, 15) is 4.79 Å². The highest BCUT2D eigenvalue weighted by Crippen LogP contribution is 2.14. The molecule has 5 heteroatoms. The molecule has 17 heavy (non-hydrogen) atoms. The average Bonchev–Trinajstić information content (AvgIpc) is 2.61. The molecule has 0 fully saturated rings. The molecule has 2 rings (SSSR count). The highest BCUT2D eigenvalue weighted by Gasteiger charge is 2.12. The van der Waals surface area contributed by atoms with Crippen LogP contribution in [0.2, 0.25) is 0 Å². The van der Waals surface area contributed by atoms with Gasteiger partial charge in [-0.25, -0.2) is 4.79 Å². The van der Waals surface area contributed by atoms with Crippen molar-refractivity contribution < 1.29 is 9.90 Å². The number of rotatable bonds is 3. The SMILES string of the molecule is Cc1c(C(=O)O)cnn1Cc1cccc(Br)c1. The molecule has 1 heterocycles. The molecule has 1 aromatic heterocycles. The first-order valence-corrected chi connectivity index (χ1v) is 5.87. The van der Waals surface area contributed by atoms with E-state index >= 15 is 0 Å². The predicted molar refractivity (Wildman–Crippen MR) is 67.2 cm³/mol. The zero-order valence-corrected chi connectivity index (χ0v) is 10.8. The Morgan fingerprint density at radius 3 is 2.88 bits per heavy atom. The van der Waals surface area contributed by atoms with E-state index in [0.29, 0.717) is 12.2 Å². The van der Waals surface area contributed by atoms with E-state index in [4.69, 9.17) is 5.11 Å². The maximum absolute atomic E-state index is 10.9. The largest absolute Gasteiger partial charge is 0.478 e. The molecule has 1 N–H and O–H groups in total. The number of benzene rings is 1. The normalized spacial score (nSPS) is 10.5. The van der Waals surface area contributed by atoms with E-state index in [2.05, 4.69) is 21.0 Å². The summed E-state index contributed by atoms with van der Waals surface area (Å²) in [6, 6.07) is 7.85. The smallest absolute Gasteiger partial charge is 0.339 e. The fourth-order valence-corrected chi connectivity index (χ4v) is 2.07. The standard InChI is InChI=1S/C12H11BrN2O2/c1-8-11(12(16)17)6-14-15(8)7-9-3-2-4-10(13)5-9/h2-6H,7H2,1H3,(H,16,17). The second-order valence-electron chi connectivity index (χ2n) is 3.74. The van der Waals surface area contributed by atoms with Gasteiger partial charge in [0.25, 0.3) is 0 Å². The van der Waals surface area contributed by atoms with Crippen LogP contribution in [0.5, 0.6) is 0 Å². The Bertz CT molecular complexity index is 563. The lowest BCUT2D eigenvalue weighted by Gasteiger charge is -2.05. The van der Waals surface area contributed by atoms with Crippen molar-refractivity contribution in [3.8, 4) is 0 Å². The summed E-state index contributed by atoms with van der Waals surface area (Å²) >= 11 is 3.40. The van der Waals surface area contributed by atoms with Crippen LogP contribution in [0.4, 0.5) is 0 Å². The number of aromatic carboxylic acids is 1. The molecule has 0 saturated heterocycles. The quantitative estimate of drug-likeness (QED) is 0.947. The van der Waals surface area contributed by atoms with Gasteiger partial charge in [0.15, 0.2) is 0 Å². The molecule has 88 valence electrons. The molecule has 0 saturated carbocycles. The highest BCUT2D eigenvalue weighted by atomic mass is 79.9. The number of aromatic nitrogens is 2. The zero-order valence-electron chi connectivity index (χ0n) is 9.22. The summed E-state index contributed by atoms with van der Waals surface area (Å²) in [5, 5.41) is 13.0. The van der Waals surface area contributed by atoms with E-state index in [1.807, 2.05) is 24.3 Å². The molecule has 1 aromatic carbocycles. The van der Waals surface area contributed by atoms with Gasteiger partial charge in [-0.15, -0.1) is 0 Å². The molecule has 4 nitrogen and oxygen atoms in total. The summed E-state index contributed by atoms with van der Waals surface area (Å²) in [7, 11) is 0. The van der Waals surface area contributed by atoms with Gasteiger partial charge in [-0.2, -0.15) is 5.10 Å². The number of carboxylic acids is 1. The van der Waals surface area contributed by atoms with Gasteiger partial charge in [-0.05, 0) is 24.6 Å². The van der Waals surface area contributed by atoms with E-state index in [-0.39, 0.29) is 5.56 Å². The Labute approximate surface area is 107 Å². The third-order valence-corrected chi connectivity index (χ3v) is 3.05. The van der Waals surface area contributed by atoms with Crippen LogP contribution in [0.15, 0.2) is 34.9 Å². The van der Waals surface area contributed by atoms with Crippen molar-refractivity contribution in [1.82, 2.24) is 9.78 Å². The summed E-state index contributed by atoms with van der Waals surface area (Å²) in [5.41, 5.74) is 1.99. The van der Waals surface area contributed by atoms with Gasteiger partial charge in [0, 0.05) is 4.47 Å². The summed E-state index contributed by atoms with van der Waals surface area (Å²) < 4.78 is 2.68. The summed E-state index contributed by atoms with van der Waals surface area (Å²) in [6.07, 6.45) is 1.38. The number of hydrogen-bond donors (Lipinski definition) is 1. The van der Waals surface area contributed by atoms with Crippen LogP contribution in [-0.4, -0.2) is 20.9 Å². The molecule has 0 radical (unpaired) electrons. The van der Waals surface area contributed by atoms with E-state index in [1.54, 1.807) is 11.6 Å². The van der Waals surface area contributed by atoms with Gasteiger partial charge in [0.2, 0.25) is 0 Å². The van der Waals surface area contributed by atoms with Gasteiger partial charge in [0.1, 0.15) is 5.56 Å². The Morgan fingerprint density at radius 1 is 1.53 bits per heavy atom. The van der Waals surface area contributed by atoms with Crippen molar-refractivity contribution in [2.45, 2.75) is 13.5 Å². The molecule has 0 bridgehead atoms. The van der Waals surface area contributed by atoms with Gasteiger partial charge in [0.05, 0.1) is 18.4 Å². The number of halogens is 1. The number of hydrogen-bond acceptors (Lipinski definition) is 2. The fourth-order valence-electron chi connectivity index (χ4n) is 1.62. The van der Waals surface area contributed by atoms with Gasteiger partial charge >= 0.3 is 5.97 Å². The van der Waals surface area contributed by atoms with Crippen LogP contribution in [0.3, 0.4) is 0 Å². The van der Waals surface area contributed by atoms with Gasteiger partial charge in [-0.1, -0.05) is 28.1 Å². The summed E-state index contributed by atoms with van der Waals surface area (Å²) in [5.74, 6) is -0.942. The van der Waals surface area contributed by atoms with E-state index in [1.165, 1.54) is 6.20 Å². The first-order chi connectivity index (χ1) is 8.08. The molecular formula is C12H11BrN2O2. The third-order valence-electron chi connectivity index (χ3n) is 2.55. The topological polar surface area (TPSA) is 55.1 Å². The molecule has 2 aromatic rings. The Balaban J connectivity index is 2.28. The Morgan fingerprint density at radius 2 is 2.29 bits per heavy atom. The van der Waals surface area contributed by atoms with E-state index < -0.39 is 5.97 Å². The van der Waals surface area contributed by atoms with Crippen molar-refractivity contribution in [3.63, 3.8) is 0 Å². The molecule has 0 aliphatic rings. The fraction of sp³-hybridized carbons (Fsp3) is 0.167. The molecule has 0 atom stereocenters. The van der Waals surface area contributed by atoms with Crippen LogP contribution in [-0.2, 0) is 6.54 Å². The lowest BCUT2D eigenvalue weighted by molar-refractivity contribution is 0.0696. The number of nitrogens with zero attached hydrogens (tertiary/aromatic N) is 2. The van der Waals surface area contributed by atoms with Crippen molar-refractivity contribution in [1.29, 1.82) is 0 Å². The minimum atomic E-state index is -0.942. The van der Waals surface area contributed by atoms with Crippen LogP contribution in [0.25, 0.3) is 0 Å². The number of carbonyl (C=O) groups is 1. The highest BCUT2D eigenvalue weighted by molar-refractivity contribution is 9.10. The van der Waals surface area contributed by atoms with Crippen molar-refractivity contribution in [2.24, 2.45) is 0 Å². The van der Waals surface area contributed by atoms with Gasteiger partial charge in [-0.3, -0.25) is 4.68 Å². The Hall–Kier alpha value is -1.62. The first-order valence-electron chi connectivity index (χ1n) is 5.08. The Kier molecular flexibility index (Phi) is 3.28. The minimum Gasteiger partial charge on any atom is -0.478 e. The first kappa shape index (κ1) is 11.9. The van der Waals surface area contributed by atoms with Crippen molar-refractivity contribution in [2.75, 3.05) is 0 Å². The second kappa shape index (κ2) is 4.71. The molecule has 0 spiro atoms. The van der Waals surface area contributed by atoms with Crippen LogP contribution in [0.1, 0.15) is 21.6 Å². The van der Waals surface area contributed by atoms with Crippen molar-refractivity contribution in [3.05, 3.63) is 51.8 Å². The summed E-state index contributed by atoms with van der Waals surface area (Å²) in [6.45, 7) is 2.33. The predicted octanol–water partition coefficient (Wildman–Crippen LogP) is 2.70. The molecule has 0 unspecified atom stereocenters. The van der Waals surface area contributed by atoms with Crippen molar-refractivity contribution >= 4 is 21.9 Å². The van der Waals surface area contributed by atoms with E-state index in [0.717, 1.165) is 10.0 Å². The molecular weight excluding hydrogens is 284 g/mol. The molecule has 0 aliphatic carbocycles. The zero-order chi connectivity index (χ0) is 12.4. The maximum Gasteiger partial charge on any atom is 0.339 e. The lowest BCUT2D eigenvalue weighted by Crippen LogP contribution is -2.05. The number of carboxylic acid groups (broad SMARTS) is 1. The van der Waals surface area contributed by atoms with Crippen LogP contribution < -0.4 is 0 Å². The average molecular weight is 295 g/mol. The summed E-state index contributed by atoms with van der Waals surface area (Å²) in [4.78, 5) is 10.9. The van der Waals surface area contributed by atoms with Crippen LogP contribution >= 0.6 is 15.9 Å². The lowest BCUT2D eigenvalue weighted by atomic mass is 10.2.